The Morgan fingerprint density at radius 3 is 2.39 bits per heavy atom. The molecule has 3 aromatic carbocycles. The summed E-state index contributed by atoms with van der Waals surface area (Å²) >= 11 is 1.28. The molecule has 0 bridgehead atoms. The fraction of sp³-hybridized carbons (Fsp3) is 0.179. The van der Waals surface area contributed by atoms with Gasteiger partial charge in [0.05, 0.1) is 31.0 Å². The van der Waals surface area contributed by atoms with E-state index in [1.165, 1.54) is 16.2 Å². The van der Waals surface area contributed by atoms with Gasteiger partial charge in [0.2, 0.25) is 0 Å². The number of carbonyl (C=O) groups is 2. The summed E-state index contributed by atoms with van der Waals surface area (Å²) in [6.07, 6.45) is 0. The summed E-state index contributed by atoms with van der Waals surface area (Å²) in [6, 6.07) is 17.3. The number of hydrogen-bond donors (Lipinski definition) is 1. The maximum absolute atomic E-state index is 13.3. The molecule has 1 aromatic heterocycles. The topological polar surface area (TPSA) is 89.0 Å². The Kier molecular flexibility index (Phi) is 6.20. The van der Waals surface area contributed by atoms with Crippen LogP contribution in [-0.4, -0.2) is 35.5 Å². The number of aryl methyl sites for hydroxylation is 1. The minimum atomic E-state index is -0.835. The number of anilines is 1. The molecule has 7 nitrogen and oxygen atoms in total. The fourth-order valence-corrected chi connectivity index (χ4v) is 5.19. The Hall–Kier alpha value is -4.17. The van der Waals surface area contributed by atoms with Gasteiger partial charge in [-0.3, -0.25) is 14.5 Å². The summed E-state index contributed by atoms with van der Waals surface area (Å²) in [5.74, 6) is -0.322. The minimum absolute atomic E-state index is 0.0184. The predicted molar refractivity (Wildman–Crippen MR) is 140 cm³/mol. The Bertz CT molecular complexity index is 1510. The standard InChI is InChI=1S/C28H24N2O5S/c1-4-35-21-10-7-17(8-11-21)24-23(26(32)27(33)30(24)28-29-16(2)15-36-28)25(31)20-6-5-19-14-22(34-3)12-9-18(19)13-20/h5-15,24,31H,4H2,1-3H3/b25-23+. The first-order chi connectivity index (χ1) is 17.4. The van der Waals surface area contributed by atoms with Crippen LogP contribution in [0.2, 0.25) is 0 Å². The molecule has 1 atom stereocenters. The normalized spacial score (nSPS) is 17.1. The number of aromatic nitrogens is 1. The quantitative estimate of drug-likeness (QED) is 0.209. The van der Waals surface area contributed by atoms with Gasteiger partial charge in [0.25, 0.3) is 5.78 Å². The summed E-state index contributed by atoms with van der Waals surface area (Å²) < 4.78 is 10.8. The van der Waals surface area contributed by atoms with Gasteiger partial charge >= 0.3 is 5.91 Å². The predicted octanol–water partition coefficient (Wildman–Crippen LogP) is 5.64. The summed E-state index contributed by atoms with van der Waals surface area (Å²) in [5, 5.41) is 15.4. The van der Waals surface area contributed by atoms with Crippen LogP contribution in [0.5, 0.6) is 11.5 Å². The molecule has 5 rings (SSSR count). The van der Waals surface area contributed by atoms with Crippen LogP contribution in [0.3, 0.4) is 0 Å². The molecule has 1 N–H and O–H groups in total. The van der Waals surface area contributed by atoms with Crippen LogP contribution < -0.4 is 14.4 Å². The van der Waals surface area contributed by atoms with Crippen molar-refractivity contribution in [1.29, 1.82) is 0 Å². The number of ketones is 1. The van der Waals surface area contributed by atoms with E-state index in [0.717, 1.165) is 22.2 Å². The number of Topliss-reactive ketones (excluding diaryl/α,β-unsaturated/α-hetero) is 1. The molecule has 1 amide bonds. The molecule has 182 valence electrons. The molecule has 0 aliphatic carbocycles. The Morgan fingerprint density at radius 2 is 1.72 bits per heavy atom. The Morgan fingerprint density at radius 1 is 1.03 bits per heavy atom. The van der Waals surface area contributed by atoms with Gasteiger partial charge < -0.3 is 14.6 Å². The van der Waals surface area contributed by atoms with E-state index in [2.05, 4.69) is 4.98 Å². The van der Waals surface area contributed by atoms with Crippen LogP contribution in [0.4, 0.5) is 5.13 Å². The lowest BCUT2D eigenvalue weighted by Gasteiger charge is -2.23. The zero-order chi connectivity index (χ0) is 25.4. The molecule has 0 saturated carbocycles. The largest absolute Gasteiger partial charge is 0.507 e. The van der Waals surface area contributed by atoms with Crippen molar-refractivity contribution < 1.29 is 24.2 Å². The number of nitrogens with zero attached hydrogens (tertiary/aromatic N) is 2. The van der Waals surface area contributed by atoms with Crippen molar-refractivity contribution in [3.05, 3.63) is 88.4 Å². The molecule has 1 aliphatic heterocycles. The minimum Gasteiger partial charge on any atom is -0.507 e. The number of carbonyl (C=O) groups excluding carboxylic acids is 2. The van der Waals surface area contributed by atoms with Gasteiger partial charge in [0.1, 0.15) is 17.3 Å². The van der Waals surface area contributed by atoms with Crippen molar-refractivity contribution >= 4 is 44.7 Å². The van der Waals surface area contributed by atoms with Crippen molar-refractivity contribution in [3.63, 3.8) is 0 Å². The van der Waals surface area contributed by atoms with E-state index in [0.29, 0.717) is 28.6 Å². The number of rotatable bonds is 6. The lowest BCUT2D eigenvalue weighted by molar-refractivity contribution is -0.132. The van der Waals surface area contributed by atoms with Gasteiger partial charge in [-0.15, -0.1) is 11.3 Å². The van der Waals surface area contributed by atoms with Gasteiger partial charge in [-0.2, -0.15) is 0 Å². The first kappa shape index (κ1) is 23.6. The number of fused-ring (bicyclic) bond motifs is 1. The molecule has 1 aliphatic rings. The van der Waals surface area contributed by atoms with E-state index in [-0.39, 0.29) is 11.3 Å². The van der Waals surface area contributed by atoms with Crippen molar-refractivity contribution in [3.8, 4) is 11.5 Å². The van der Waals surface area contributed by atoms with Gasteiger partial charge in [-0.05, 0) is 60.5 Å². The third-order valence-electron chi connectivity index (χ3n) is 6.09. The number of amides is 1. The summed E-state index contributed by atoms with van der Waals surface area (Å²) in [5.41, 5.74) is 1.87. The first-order valence-electron chi connectivity index (χ1n) is 11.5. The number of benzene rings is 3. The SMILES string of the molecule is CCOc1ccc(C2/C(=C(\O)c3ccc4cc(OC)ccc4c3)C(=O)C(=O)N2c2nc(C)cs2)cc1. The molecule has 0 radical (unpaired) electrons. The highest BCUT2D eigenvalue weighted by Gasteiger charge is 2.48. The maximum Gasteiger partial charge on any atom is 0.301 e. The fourth-order valence-electron chi connectivity index (χ4n) is 4.36. The molecule has 36 heavy (non-hydrogen) atoms. The summed E-state index contributed by atoms with van der Waals surface area (Å²) in [7, 11) is 1.60. The number of thiazole rings is 1. The van der Waals surface area contributed by atoms with Gasteiger partial charge in [-0.1, -0.05) is 30.3 Å². The average molecular weight is 501 g/mol. The molecule has 2 heterocycles. The average Bonchev–Trinajstić information content (AvgIpc) is 3.43. The summed E-state index contributed by atoms with van der Waals surface area (Å²) in [4.78, 5) is 32.4. The highest BCUT2D eigenvalue weighted by atomic mass is 32.1. The Balaban J connectivity index is 1.67. The maximum atomic E-state index is 13.3. The molecular weight excluding hydrogens is 476 g/mol. The van der Waals surface area contributed by atoms with E-state index >= 15 is 0 Å². The van der Waals surface area contributed by atoms with Crippen molar-refractivity contribution in [2.45, 2.75) is 19.9 Å². The van der Waals surface area contributed by atoms with Crippen LogP contribution in [-0.2, 0) is 9.59 Å². The second-order valence-corrected chi connectivity index (χ2v) is 9.21. The van der Waals surface area contributed by atoms with Gasteiger partial charge in [-0.25, -0.2) is 4.98 Å². The molecule has 1 unspecified atom stereocenters. The molecular formula is C28H24N2O5S. The van der Waals surface area contributed by atoms with E-state index in [1.54, 1.807) is 43.5 Å². The molecule has 1 saturated heterocycles. The molecule has 8 heteroatoms. The highest BCUT2D eigenvalue weighted by Crippen LogP contribution is 2.43. The van der Waals surface area contributed by atoms with Crippen LogP contribution in [0.1, 0.15) is 29.8 Å². The number of aliphatic hydroxyl groups is 1. The smallest absolute Gasteiger partial charge is 0.301 e. The summed E-state index contributed by atoms with van der Waals surface area (Å²) in [6.45, 7) is 4.24. The third kappa shape index (κ3) is 4.09. The first-order valence-corrected chi connectivity index (χ1v) is 12.3. The van der Waals surface area contributed by atoms with Crippen molar-refractivity contribution in [2.75, 3.05) is 18.6 Å². The zero-order valence-electron chi connectivity index (χ0n) is 20.0. The zero-order valence-corrected chi connectivity index (χ0v) is 20.8. The lowest BCUT2D eigenvalue weighted by atomic mass is 9.94. The number of ether oxygens (including phenoxy) is 2. The second kappa shape index (κ2) is 9.47. The molecule has 1 fully saturated rings. The van der Waals surface area contributed by atoms with Gasteiger partial charge in [0, 0.05) is 10.9 Å². The number of aliphatic hydroxyl groups excluding tert-OH is 1. The lowest BCUT2D eigenvalue weighted by Crippen LogP contribution is -2.29. The van der Waals surface area contributed by atoms with E-state index in [9.17, 15) is 14.7 Å². The second-order valence-electron chi connectivity index (χ2n) is 8.37. The highest BCUT2D eigenvalue weighted by molar-refractivity contribution is 7.14. The van der Waals surface area contributed by atoms with E-state index in [4.69, 9.17) is 9.47 Å². The van der Waals surface area contributed by atoms with Crippen LogP contribution in [0.25, 0.3) is 16.5 Å². The molecule has 0 spiro atoms. The monoisotopic (exact) mass is 500 g/mol. The van der Waals surface area contributed by atoms with Crippen molar-refractivity contribution in [2.24, 2.45) is 0 Å². The molecule has 4 aromatic rings. The number of methoxy groups -OCH3 is 1. The van der Waals surface area contributed by atoms with Crippen LogP contribution >= 0.6 is 11.3 Å². The van der Waals surface area contributed by atoms with E-state index < -0.39 is 17.7 Å². The van der Waals surface area contributed by atoms with Crippen LogP contribution in [0, 0.1) is 6.92 Å². The number of hydrogen-bond acceptors (Lipinski definition) is 7. The van der Waals surface area contributed by atoms with Crippen molar-refractivity contribution in [1.82, 2.24) is 4.98 Å². The Labute approximate surface area is 212 Å². The van der Waals surface area contributed by atoms with E-state index in [1.807, 2.05) is 43.5 Å². The third-order valence-corrected chi connectivity index (χ3v) is 7.04. The van der Waals surface area contributed by atoms with Gasteiger partial charge in [0.15, 0.2) is 5.13 Å². The van der Waals surface area contributed by atoms with Crippen LogP contribution in [0.15, 0.2) is 71.6 Å².